The average molecular weight is 297 g/mol. The van der Waals surface area contributed by atoms with Crippen molar-refractivity contribution in [2.24, 2.45) is 0 Å². The summed E-state index contributed by atoms with van der Waals surface area (Å²) in [5.41, 5.74) is 0.957. The SMILES string of the molecule is Cc1nc(CN(C)c2ccc(Br)c(C)n2)no1. The number of hydrogen-bond donors (Lipinski definition) is 0. The zero-order valence-corrected chi connectivity index (χ0v) is 11.5. The molecule has 90 valence electrons. The topological polar surface area (TPSA) is 55.1 Å². The highest BCUT2D eigenvalue weighted by Crippen LogP contribution is 2.19. The molecule has 2 aromatic heterocycles. The van der Waals surface area contributed by atoms with Crippen LogP contribution in [0, 0.1) is 13.8 Å². The molecular weight excluding hydrogens is 284 g/mol. The monoisotopic (exact) mass is 296 g/mol. The van der Waals surface area contributed by atoms with Crippen LogP contribution in [0.5, 0.6) is 0 Å². The standard InChI is InChI=1S/C11H13BrN4O/c1-7-9(12)4-5-11(13-7)16(3)6-10-14-8(2)17-15-10/h4-5H,6H2,1-3H3. The molecule has 0 aliphatic carbocycles. The van der Waals surface area contributed by atoms with Gasteiger partial charge in [0.15, 0.2) is 5.82 Å². The Morgan fingerprint density at radius 3 is 2.65 bits per heavy atom. The summed E-state index contributed by atoms with van der Waals surface area (Å²) in [6.07, 6.45) is 0. The van der Waals surface area contributed by atoms with Gasteiger partial charge in [-0.05, 0) is 35.0 Å². The molecule has 2 aromatic rings. The van der Waals surface area contributed by atoms with Crippen LogP contribution in [0.25, 0.3) is 0 Å². The van der Waals surface area contributed by atoms with Crippen molar-refractivity contribution in [1.82, 2.24) is 15.1 Å². The minimum Gasteiger partial charge on any atom is -0.352 e. The average Bonchev–Trinajstić information content (AvgIpc) is 2.68. The Morgan fingerprint density at radius 1 is 1.29 bits per heavy atom. The van der Waals surface area contributed by atoms with Crippen LogP contribution in [-0.4, -0.2) is 22.2 Å². The lowest BCUT2D eigenvalue weighted by Gasteiger charge is -2.16. The van der Waals surface area contributed by atoms with Gasteiger partial charge in [0.2, 0.25) is 5.89 Å². The quantitative estimate of drug-likeness (QED) is 0.871. The van der Waals surface area contributed by atoms with E-state index in [1.54, 1.807) is 6.92 Å². The van der Waals surface area contributed by atoms with Crippen LogP contribution >= 0.6 is 15.9 Å². The minimum absolute atomic E-state index is 0.575. The van der Waals surface area contributed by atoms with Gasteiger partial charge < -0.3 is 9.42 Å². The molecule has 0 saturated heterocycles. The summed E-state index contributed by atoms with van der Waals surface area (Å²) in [5, 5.41) is 3.86. The van der Waals surface area contributed by atoms with Gasteiger partial charge in [0, 0.05) is 18.4 Å². The van der Waals surface area contributed by atoms with E-state index in [0.29, 0.717) is 18.3 Å². The third kappa shape index (κ3) is 2.82. The van der Waals surface area contributed by atoms with Crippen molar-refractivity contribution < 1.29 is 4.52 Å². The van der Waals surface area contributed by atoms with Crippen LogP contribution in [0.3, 0.4) is 0 Å². The Kier molecular flexibility index (Phi) is 3.42. The number of anilines is 1. The Hall–Kier alpha value is -1.43. The van der Waals surface area contributed by atoms with Gasteiger partial charge in [-0.25, -0.2) is 4.98 Å². The summed E-state index contributed by atoms with van der Waals surface area (Å²) < 4.78 is 5.93. The van der Waals surface area contributed by atoms with Gasteiger partial charge in [-0.2, -0.15) is 4.98 Å². The van der Waals surface area contributed by atoms with E-state index >= 15 is 0 Å². The predicted molar refractivity (Wildman–Crippen MR) is 67.8 cm³/mol. The zero-order valence-electron chi connectivity index (χ0n) is 9.94. The fourth-order valence-electron chi connectivity index (χ4n) is 1.44. The number of aryl methyl sites for hydroxylation is 2. The smallest absolute Gasteiger partial charge is 0.223 e. The zero-order chi connectivity index (χ0) is 12.4. The van der Waals surface area contributed by atoms with E-state index in [1.807, 2.05) is 31.0 Å². The van der Waals surface area contributed by atoms with Gasteiger partial charge >= 0.3 is 0 Å². The third-order valence-corrected chi connectivity index (χ3v) is 3.18. The first kappa shape index (κ1) is 12.0. The highest BCUT2D eigenvalue weighted by atomic mass is 79.9. The molecule has 0 fully saturated rings. The van der Waals surface area contributed by atoms with E-state index in [0.717, 1.165) is 16.0 Å². The fraction of sp³-hybridized carbons (Fsp3) is 0.364. The van der Waals surface area contributed by atoms with Crippen molar-refractivity contribution in [3.05, 3.63) is 34.0 Å². The highest BCUT2D eigenvalue weighted by Gasteiger charge is 2.09. The first-order chi connectivity index (χ1) is 8.06. The maximum Gasteiger partial charge on any atom is 0.223 e. The van der Waals surface area contributed by atoms with Crippen molar-refractivity contribution in [2.75, 3.05) is 11.9 Å². The van der Waals surface area contributed by atoms with E-state index in [4.69, 9.17) is 4.52 Å². The van der Waals surface area contributed by atoms with E-state index < -0.39 is 0 Å². The molecular formula is C11H13BrN4O. The lowest BCUT2D eigenvalue weighted by Crippen LogP contribution is -2.18. The number of aromatic nitrogens is 3. The number of nitrogens with zero attached hydrogens (tertiary/aromatic N) is 4. The summed E-state index contributed by atoms with van der Waals surface area (Å²) >= 11 is 3.43. The Labute approximate surface area is 108 Å². The fourth-order valence-corrected chi connectivity index (χ4v) is 1.66. The molecule has 6 heteroatoms. The molecule has 2 rings (SSSR count). The van der Waals surface area contributed by atoms with Crippen molar-refractivity contribution in [3.8, 4) is 0 Å². The number of hydrogen-bond acceptors (Lipinski definition) is 5. The van der Waals surface area contributed by atoms with Crippen LogP contribution in [-0.2, 0) is 6.54 Å². The van der Waals surface area contributed by atoms with Crippen LogP contribution in [0.2, 0.25) is 0 Å². The second-order valence-corrected chi connectivity index (χ2v) is 4.68. The number of halogens is 1. The largest absolute Gasteiger partial charge is 0.352 e. The predicted octanol–water partition coefficient (Wildman–Crippen LogP) is 2.48. The van der Waals surface area contributed by atoms with Crippen molar-refractivity contribution in [2.45, 2.75) is 20.4 Å². The summed E-state index contributed by atoms with van der Waals surface area (Å²) in [7, 11) is 1.95. The second-order valence-electron chi connectivity index (χ2n) is 3.82. The van der Waals surface area contributed by atoms with E-state index in [1.165, 1.54) is 0 Å². The molecule has 0 bridgehead atoms. The van der Waals surface area contributed by atoms with E-state index in [2.05, 4.69) is 31.1 Å². The van der Waals surface area contributed by atoms with Crippen molar-refractivity contribution in [1.29, 1.82) is 0 Å². The van der Waals surface area contributed by atoms with Gasteiger partial charge in [-0.1, -0.05) is 5.16 Å². The van der Waals surface area contributed by atoms with Gasteiger partial charge in [-0.3, -0.25) is 0 Å². The Bertz CT molecular complexity index is 526. The first-order valence-corrected chi connectivity index (χ1v) is 5.99. The summed E-state index contributed by atoms with van der Waals surface area (Å²) in [6, 6.07) is 3.93. The van der Waals surface area contributed by atoms with Crippen LogP contribution in [0.1, 0.15) is 17.4 Å². The molecule has 0 unspecified atom stereocenters. The van der Waals surface area contributed by atoms with Gasteiger partial charge in [0.25, 0.3) is 0 Å². The molecule has 0 N–H and O–H groups in total. The van der Waals surface area contributed by atoms with Crippen LogP contribution < -0.4 is 4.90 Å². The van der Waals surface area contributed by atoms with Crippen molar-refractivity contribution >= 4 is 21.7 Å². The number of rotatable bonds is 3. The van der Waals surface area contributed by atoms with Crippen LogP contribution in [0.15, 0.2) is 21.1 Å². The van der Waals surface area contributed by atoms with E-state index in [9.17, 15) is 0 Å². The lowest BCUT2D eigenvalue weighted by molar-refractivity contribution is 0.387. The van der Waals surface area contributed by atoms with E-state index in [-0.39, 0.29) is 0 Å². The third-order valence-electron chi connectivity index (χ3n) is 2.35. The molecule has 5 nitrogen and oxygen atoms in total. The molecule has 0 atom stereocenters. The molecule has 0 saturated carbocycles. The molecule has 0 spiro atoms. The minimum atomic E-state index is 0.575. The Balaban J connectivity index is 2.14. The van der Waals surface area contributed by atoms with Gasteiger partial charge in [-0.15, -0.1) is 0 Å². The normalized spacial score (nSPS) is 10.6. The van der Waals surface area contributed by atoms with Gasteiger partial charge in [0.1, 0.15) is 5.82 Å². The number of pyridine rings is 1. The Morgan fingerprint density at radius 2 is 2.06 bits per heavy atom. The maximum atomic E-state index is 4.93. The summed E-state index contributed by atoms with van der Waals surface area (Å²) in [4.78, 5) is 10.6. The molecule has 0 amide bonds. The molecule has 17 heavy (non-hydrogen) atoms. The van der Waals surface area contributed by atoms with Crippen LogP contribution in [0.4, 0.5) is 5.82 Å². The second kappa shape index (κ2) is 4.83. The maximum absolute atomic E-state index is 4.93. The summed E-state index contributed by atoms with van der Waals surface area (Å²) in [6.45, 7) is 4.31. The first-order valence-electron chi connectivity index (χ1n) is 5.19. The molecule has 0 aliphatic heterocycles. The summed E-state index contributed by atoms with van der Waals surface area (Å²) in [5.74, 6) is 2.12. The van der Waals surface area contributed by atoms with Gasteiger partial charge in [0.05, 0.1) is 12.2 Å². The molecule has 0 aliphatic rings. The molecule has 2 heterocycles. The van der Waals surface area contributed by atoms with Crippen molar-refractivity contribution in [3.63, 3.8) is 0 Å². The molecule has 0 radical (unpaired) electrons. The lowest BCUT2D eigenvalue weighted by atomic mass is 10.3. The molecule has 0 aromatic carbocycles. The highest BCUT2D eigenvalue weighted by molar-refractivity contribution is 9.10.